The fraction of sp³-hybridized carbons (Fsp3) is 0.596. The Hall–Kier alpha value is -7.15. The first kappa shape index (κ1) is 56.2. The second kappa shape index (κ2) is 25.7. The van der Waals surface area contributed by atoms with E-state index in [1.807, 2.05) is 55.5 Å². The molecule has 5 amide bonds. The van der Waals surface area contributed by atoms with E-state index < -0.39 is 34.6 Å². The van der Waals surface area contributed by atoms with E-state index in [-0.39, 0.29) is 67.0 Å². The Morgan fingerprint density at radius 3 is 2.34 bits per heavy atom. The van der Waals surface area contributed by atoms with E-state index in [4.69, 9.17) is 4.74 Å². The second-order valence-electron chi connectivity index (χ2n) is 20.9. The molecule has 0 spiro atoms. The largest absolute Gasteiger partial charge is 0.444 e. The second-order valence-corrected chi connectivity index (χ2v) is 20.9. The molecule has 2 fully saturated rings. The summed E-state index contributed by atoms with van der Waals surface area (Å²) < 4.78 is 8.62. The van der Waals surface area contributed by atoms with Crippen LogP contribution in [-0.4, -0.2) is 150 Å². The highest BCUT2D eigenvalue weighted by Gasteiger charge is 2.34. The molecule has 4 N–H and O–H groups in total. The van der Waals surface area contributed by atoms with Crippen molar-refractivity contribution in [1.82, 2.24) is 54.7 Å². The van der Waals surface area contributed by atoms with Crippen LogP contribution in [0.3, 0.4) is 0 Å². The molecule has 1 saturated carbocycles. The number of nitriles is 1. The lowest BCUT2D eigenvalue weighted by Crippen LogP contribution is -2.56. The molecule has 22 heteroatoms. The molecule has 4 aromatic heterocycles. The summed E-state index contributed by atoms with van der Waals surface area (Å²) in [5.41, 5.74) is 1.39. The van der Waals surface area contributed by atoms with E-state index in [9.17, 15) is 39.3 Å². The number of likely N-dealkylation sites (N-methyl/N-ethyl adjacent to an activating group) is 1. The minimum atomic E-state index is -1.07. The van der Waals surface area contributed by atoms with Gasteiger partial charge >= 0.3 is 12.0 Å². The van der Waals surface area contributed by atoms with Gasteiger partial charge in [-0.3, -0.25) is 28.6 Å². The summed E-state index contributed by atoms with van der Waals surface area (Å²) in [5, 5.41) is 33.6. The number of nitrogens with zero attached hydrogens (tertiary/aromatic N) is 10. The number of ether oxygens (including phenoxy) is 1. The zero-order valence-electron chi connectivity index (χ0n) is 44.1. The van der Waals surface area contributed by atoms with E-state index in [2.05, 4.69) is 47.2 Å². The van der Waals surface area contributed by atoms with E-state index in [1.54, 1.807) is 45.0 Å². The standard InChI is InChI=1S/C52H74N14O8/c1-9-35(4)44(60-47(68)41(59-51(71)74-52(5,6)7)13-12-22-64-24-19-54-50(64)66(72)73)49(70)61(8)20-10-11-21-62-25-27-63(28-26-62)48(69)37-14-16-39(17-15-37)58-46(67)40-33-55-43(30-42(40)57-34(2)3)65-23-18-38-29-36(31-53)32-56-45(38)65/h18-19,23-24,29-30,32-35,37,39,41,44H,9-17,20-22,25-28H2,1-8H3,(H,55,57)(H,58,67)(H,59,71)(H,60,68)/t35-,37?,39?,41-,44-/m0/s1. The quantitative estimate of drug-likeness (QED) is 0.0412. The number of unbranched alkanes of at least 4 members (excludes halogenated alkanes) is 1. The lowest BCUT2D eigenvalue weighted by molar-refractivity contribution is -0.396. The van der Waals surface area contributed by atoms with E-state index in [0.29, 0.717) is 80.0 Å². The third-order valence-corrected chi connectivity index (χ3v) is 13.7. The van der Waals surface area contributed by atoms with Crippen LogP contribution in [0, 0.1) is 33.3 Å². The van der Waals surface area contributed by atoms with Crippen LogP contribution >= 0.6 is 0 Å². The van der Waals surface area contributed by atoms with Gasteiger partial charge in [-0.2, -0.15) is 5.26 Å². The van der Waals surface area contributed by atoms with Crippen LogP contribution in [0.2, 0.25) is 0 Å². The molecule has 0 unspecified atom stereocenters. The molecule has 400 valence electrons. The number of alkyl carbamates (subject to hydrolysis) is 1. The lowest BCUT2D eigenvalue weighted by Gasteiger charge is -2.38. The average Bonchev–Trinajstić information content (AvgIpc) is 4.03. The summed E-state index contributed by atoms with van der Waals surface area (Å²) in [6.07, 6.45) is 12.3. The Balaban J connectivity index is 0.924. The van der Waals surface area contributed by atoms with Gasteiger partial charge in [-0.25, -0.2) is 19.3 Å². The third-order valence-electron chi connectivity index (χ3n) is 13.7. The number of nitro groups is 1. The normalized spacial score (nSPS) is 17.4. The SMILES string of the molecule is CC[C@H](C)[C@H](NC(=O)[C@H](CCCn1ccnc1[N+](=O)[O-])NC(=O)OC(C)(C)C)C(=O)N(C)CCCCN1CCN(C(=O)C2CCC(NC(=O)c3cnc(-n4ccc5cc(C#N)cnc54)cc3NC(C)C)CC2)CC1. The average molecular weight is 1020 g/mol. The van der Waals surface area contributed by atoms with Crippen molar-refractivity contribution in [2.24, 2.45) is 11.8 Å². The van der Waals surface area contributed by atoms with Gasteiger partial charge in [-0.15, -0.1) is 0 Å². The molecule has 2 aliphatic rings. The summed E-state index contributed by atoms with van der Waals surface area (Å²) in [4.78, 5) is 97.6. The zero-order valence-corrected chi connectivity index (χ0v) is 44.1. The maximum absolute atomic E-state index is 13.9. The maximum atomic E-state index is 13.9. The number of nitrogens with one attached hydrogen (secondary N) is 4. The van der Waals surface area contributed by atoms with Crippen LogP contribution in [0.25, 0.3) is 16.9 Å². The highest BCUT2D eigenvalue weighted by atomic mass is 16.6. The number of imidazole rings is 1. The Kier molecular flexibility index (Phi) is 19.5. The number of carbonyl (C=O) groups is 5. The van der Waals surface area contributed by atoms with Crippen molar-refractivity contribution in [3.05, 3.63) is 70.4 Å². The lowest BCUT2D eigenvalue weighted by atomic mass is 9.85. The van der Waals surface area contributed by atoms with E-state index in [0.717, 1.165) is 37.9 Å². The minimum absolute atomic E-state index is 0.0509. The molecule has 1 aliphatic carbocycles. The molecule has 3 atom stereocenters. The molecule has 5 heterocycles. The van der Waals surface area contributed by atoms with Crippen molar-refractivity contribution in [3.8, 4) is 11.9 Å². The zero-order chi connectivity index (χ0) is 53.7. The van der Waals surface area contributed by atoms with Crippen LogP contribution in [-0.2, 0) is 25.7 Å². The fourth-order valence-electron chi connectivity index (χ4n) is 9.46. The molecule has 6 rings (SSSR count). The van der Waals surface area contributed by atoms with Gasteiger partial charge < -0.3 is 45.9 Å². The molecule has 0 bridgehead atoms. The molecule has 74 heavy (non-hydrogen) atoms. The van der Waals surface area contributed by atoms with Crippen molar-refractivity contribution < 1.29 is 33.6 Å². The summed E-state index contributed by atoms with van der Waals surface area (Å²) >= 11 is 0. The Morgan fingerprint density at radius 1 is 0.946 bits per heavy atom. The number of piperazine rings is 1. The van der Waals surface area contributed by atoms with Crippen LogP contribution in [0.15, 0.2) is 49.2 Å². The van der Waals surface area contributed by atoms with Gasteiger partial charge in [0.15, 0.2) is 0 Å². The summed E-state index contributed by atoms with van der Waals surface area (Å²) in [5.74, 6) is -0.890. The Morgan fingerprint density at radius 2 is 1.68 bits per heavy atom. The smallest absolute Gasteiger partial charge is 0.434 e. The predicted molar refractivity (Wildman–Crippen MR) is 278 cm³/mol. The predicted octanol–water partition coefficient (Wildman–Crippen LogP) is 5.79. The monoisotopic (exact) mass is 1020 g/mol. The number of fused-ring (bicyclic) bond motifs is 1. The van der Waals surface area contributed by atoms with Crippen molar-refractivity contribution in [2.45, 2.75) is 143 Å². The number of amides is 5. The first-order valence-electron chi connectivity index (χ1n) is 25.9. The van der Waals surface area contributed by atoms with Gasteiger partial charge in [0, 0.05) is 87.8 Å². The van der Waals surface area contributed by atoms with Crippen molar-refractivity contribution in [2.75, 3.05) is 51.6 Å². The number of rotatable bonds is 22. The van der Waals surface area contributed by atoms with Crippen LogP contribution < -0.4 is 21.3 Å². The number of aryl methyl sites for hydroxylation is 1. The van der Waals surface area contributed by atoms with Crippen LogP contribution in [0.4, 0.5) is 16.4 Å². The maximum Gasteiger partial charge on any atom is 0.434 e. The molecule has 4 aromatic rings. The van der Waals surface area contributed by atoms with Crippen molar-refractivity contribution in [1.29, 1.82) is 5.26 Å². The van der Waals surface area contributed by atoms with Crippen molar-refractivity contribution >= 4 is 52.4 Å². The van der Waals surface area contributed by atoms with Gasteiger partial charge in [-0.1, -0.05) is 25.3 Å². The Labute approximate surface area is 433 Å². The van der Waals surface area contributed by atoms with E-state index >= 15 is 0 Å². The van der Waals surface area contributed by atoms with Gasteiger partial charge in [0.05, 0.1) is 23.4 Å². The first-order chi connectivity index (χ1) is 35.2. The summed E-state index contributed by atoms with van der Waals surface area (Å²) in [6, 6.07) is 5.66. The Bertz CT molecular complexity index is 2640. The topological polar surface area (TPSA) is 268 Å². The van der Waals surface area contributed by atoms with Crippen LogP contribution in [0.1, 0.15) is 122 Å². The highest BCUT2D eigenvalue weighted by Crippen LogP contribution is 2.29. The number of anilines is 1. The number of aromatic nitrogens is 5. The van der Waals surface area contributed by atoms with Crippen LogP contribution in [0.5, 0.6) is 0 Å². The van der Waals surface area contributed by atoms with E-state index in [1.165, 1.54) is 23.2 Å². The number of hydrogen-bond acceptors (Lipinski definition) is 14. The molecule has 22 nitrogen and oxygen atoms in total. The van der Waals surface area contributed by atoms with Gasteiger partial charge in [0.1, 0.15) is 47.6 Å². The molecule has 1 saturated heterocycles. The number of hydrogen-bond donors (Lipinski definition) is 4. The molecular formula is C52H74N14O8. The number of carbonyl (C=O) groups excluding carboxylic acids is 5. The highest BCUT2D eigenvalue weighted by molar-refractivity contribution is 6.00. The van der Waals surface area contributed by atoms with Gasteiger partial charge in [0.25, 0.3) is 5.91 Å². The molecular weight excluding hydrogens is 949 g/mol. The van der Waals surface area contributed by atoms with Gasteiger partial charge in [-0.05, 0) is 116 Å². The molecule has 0 aromatic carbocycles. The molecule has 0 radical (unpaired) electrons. The number of pyridine rings is 2. The minimum Gasteiger partial charge on any atom is -0.444 e. The summed E-state index contributed by atoms with van der Waals surface area (Å²) in [7, 11) is 1.72. The van der Waals surface area contributed by atoms with Gasteiger partial charge in [0.2, 0.25) is 17.7 Å². The fourth-order valence-corrected chi connectivity index (χ4v) is 9.46. The molecule has 1 aliphatic heterocycles. The third kappa shape index (κ3) is 15.2. The van der Waals surface area contributed by atoms with Crippen molar-refractivity contribution in [3.63, 3.8) is 0 Å². The first-order valence-corrected chi connectivity index (χ1v) is 25.9. The summed E-state index contributed by atoms with van der Waals surface area (Å²) in [6.45, 7) is 17.2.